The third kappa shape index (κ3) is 5.00. The van der Waals surface area contributed by atoms with Crippen LogP contribution in [0, 0.1) is 5.82 Å². The molecule has 0 unspecified atom stereocenters. The van der Waals surface area contributed by atoms with Crippen LogP contribution in [0.2, 0.25) is 0 Å². The van der Waals surface area contributed by atoms with Crippen LogP contribution in [-0.2, 0) is 21.2 Å². The molecular weight excluding hydrogens is 443 g/mol. The molecule has 3 aromatic rings. The van der Waals surface area contributed by atoms with Crippen molar-refractivity contribution in [2.45, 2.75) is 28.3 Å². The molecule has 0 fully saturated rings. The smallest absolute Gasteiger partial charge is 0.246 e. The average molecular weight is 465 g/mol. The molecule has 0 atom stereocenters. The van der Waals surface area contributed by atoms with Gasteiger partial charge in [-0.3, -0.25) is 4.79 Å². The molecule has 0 radical (unpaired) electrons. The van der Waals surface area contributed by atoms with Crippen molar-refractivity contribution in [2.24, 2.45) is 0 Å². The number of nitrogens with one attached hydrogen (secondary N) is 1. The van der Waals surface area contributed by atoms with E-state index in [4.69, 9.17) is 10.5 Å². The lowest BCUT2D eigenvalue weighted by atomic mass is 10.3. The van der Waals surface area contributed by atoms with Gasteiger partial charge in [0.1, 0.15) is 33.9 Å². The van der Waals surface area contributed by atoms with Crippen molar-refractivity contribution >= 4 is 39.0 Å². The second kappa shape index (κ2) is 9.40. The zero-order chi connectivity index (χ0) is 22.6. The molecule has 11 heteroatoms. The van der Waals surface area contributed by atoms with Crippen molar-refractivity contribution in [1.82, 2.24) is 9.78 Å². The molecule has 0 aliphatic carbocycles. The molecule has 0 saturated carbocycles. The SMILES string of the molecule is CCSc1nn(CC(=O)Nc2ccc(F)cc2)c(N)c1S(=O)(=O)c1ccc(OC)cc1. The van der Waals surface area contributed by atoms with Crippen molar-refractivity contribution in [1.29, 1.82) is 0 Å². The molecule has 31 heavy (non-hydrogen) atoms. The van der Waals surface area contributed by atoms with E-state index < -0.39 is 21.6 Å². The summed E-state index contributed by atoms with van der Waals surface area (Å²) in [5.74, 6) is 0.0269. The second-order valence-corrected chi connectivity index (χ2v) is 9.48. The van der Waals surface area contributed by atoms with Gasteiger partial charge in [-0.15, -0.1) is 11.8 Å². The topological polar surface area (TPSA) is 116 Å². The van der Waals surface area contributed by atoms with Gasteiger partial charge in [-0.2, -0.15) is 5.10 Å². The summed E-state index contributed by atoms with van der Waals surface area (Å²) in [7, 11) is -2.50. The highest BCUT2D eigenvalue weighted by Crippen LogP contribution is 2.35. The summed E-state index contributed by atoms with van der Waals surface area (Å²) in [6.45, 7) is 1.55. The Hall–Kier alpha value is -3.05. The Kier molecular flexibility index (Phi) is 6.86. The molecule has 1 heterocycles. The van der Waals surface area contributed by atoms with Crippen molar-refractivity contribution in [2.75, 3.05) is 23.9 Å². The molecule has 0 aliphatic heterocycles. The number of aromatic nitrogens is 2. The van der Waals surface area contributed by atoms with Gasteiger partial charge in [0.25, 0.3) is 0 Å². The van der Waals surface area contributed by atoms with Gasteiger partial charge < -0.3 is 15.8 Å². The Bertz CT molecular complexity index is 1180. The highest BCUT2D eigenvalue weighted by Gasteiger charge is 2.30. The van der Waals surface area contributed by atoms with Crippen LogP contribution in [0.1, 0.15) is 6.92 Å². The summed E-state index contributed by atoms with van der Waals surface area (Å²) in [6, 6.07) is 11.2. The first kappa shape index (κ1) is 22.6. The largest absolute Gasteiger partial charge is 0.497 e. The van der Waals surface area contributed by atoms with E-state index in [0.717, 1.165) is 4.68 Å². The Morgan fingerprint density at radius 2 is 1.84 bits per heavy atom. The number of hydrogen-bond acceptors (Lipinski definition) is 7. The number of methoxy groups -OCH3 is 1. The number of hydrogen-bond donors (Lipinski definition) is 2. The van der Waals surface area contributed by atoms with Gasteiger partial charge >= 0.3 is 0 Å². The Morgan fingerprint density at radius 3 is 2.42 bits per heavy atom. The van der Waals surface area contributed by atoms with E-state index in [1.807, 2.05) is 6.92 Å². The number of nitrogen functional groups attached to an aromatic ring is 1. The number of nitrogens with two attached hydrogens (primary N) is 1. The van der Waals surface area contributed by atoms with Crippen LogP contribution in [0.25, 0.3) is 0 Å². The number of carbonyl (C=O) groups excluding carboxylic acids is 1. The van der Waals surface area contributed by atoms with Gasteiger partial charge in [0.15, 0.2) is 0 Å². The Labute approximate surface area is 183 Å². The number of nitrogens with zero attached hydrogens (tertiary/aromatic N) is 2. The lowest BCUT2D eigenvalue weighted by Gasteiger charge is -2.08. The normalized spacial score (nSPS) is 11.3. The first-order chi connectivity index (χ1) is 14.8. The van der Waals surface area contributed by atoms with Crippen LogP contribution < -0.4 is 15.8 Å². The Balaban J connectivity index is 1.92. The first-order valence-corrected chi connectivity index (χ1v) is 11.7. The van der Waals surface area contributed by atoms with E-state index in [1.165, 1.54) is 67.4 Å². The minimum Gasteiger partial charge on any atom is -0.497 e. The third-order valence-electron chi connectivity index (χ3n) is 4.26. The van der Waals surface area contributed by atoms with Crippen LogP contribution in [0.3, 0.4) is 0 Å². The number of benzene rings is 2. The van der Waals surface area contributed by atoms with Crippen molar-refractivity contribution in [3.8, 4) is 5.75 Å². The molecule has 164 valence electrons. The fourth-order valence-electron chi connectivity index (χ4n) is 2.78. The summed E-state index contributed by atoms with van der Waals surface area (Å²) < 4.78 is 45.7. The molecule has 1 aromatic heterocycles. The van der Waals surface area contributed by atoms with Gasteiger partial charge in [-0.05, 0) is 54.3 Å². The number of sulfone groups is 1. The van der Waals surface area contributed by atoms with Crippen molar-refractivity contribution < 1.29 is 22.3 Å². The fraction of sp³-hybridized carbons (Fsp3) is 0.200. The zero-order valence-electron chi connectivity index (χ0n) is 16.8. The molecule has 1 amide bonds. The van der Waals surface area contributed by atoms with E-state index in [9.17, 15) is 17.6 Å². The highest BCUT2D eigenvalue weighted by atomic mass is 32.2. The molecule has 2 aromatic carbocycles. The molecule has 8 nitrogen and oxygen atoms in total. The van der Waals surface area contributed by atoms with E-state index >= 15 is 0 Å². The van der Waals surface area contributed by atoms with E-state index in [0.29, 0.717) is 17.2 Å². The van der Waals surface area contributed by atoms with Gasteiger partial charge in [0.2, 0.25) is 15.7 Å². The maximum absolute atomic E-state index is 13.2. The summed E-state index contributed by atoms with van der Waals surface area (Å²) in [5, 5.41) is 7.06. The van der Waals surface area contributed by atoms with Crippen LogP contribution >= 0.6 is 11.8 Å². The van der Waals surface area contributed by atoms with Gasteiger partial charge in [-0.1, -0.05) is 6.92 Å². The minimum atomic E-state index is -3.98. The number of thioether (sulfide) groups is 1. The minimum absolute atomic E-state index is 0.0354. The number of rotatable bonds is 8. The standard InChI is InChI=1S/C20H21FN4O4S2/c1-3-30-20-18(31(27,28)16-10-8-15(29-2)9-11-16)19(22)25(24-20)12-17(26)23-14-6-4-13(21)5-7-14/h4-11H,3,12,22H2,1-2H3,(H,23,26). The maximum Gasteiger partial charge on any atom is 0.246 e. The number of halogens is 1. The lowest BCUT2D eigenvalue weighted by Crippen LogP contribution is -2.21. The van der Waals surface area contributed by atoms with E-state index in [2.05, 4.69) is 10.4 Å². The van der Waals surface area contributed by atoms with E-state index in [1.54, 1.807) is 0 Å². The molecule has 0 bridgehead atoms. The quantitative estimate of drug-likeness (QED) is 0.492. The third-order valence-corrected chi connectivity index (χ3v) is 7.07. The number of anilines is 2. The van der Waals surface area contributed by atoms with E-state index in [-0.39, 0.29) is 27.2 Å². The van der Waals surface area contributed by atoms with Gasteiger partial charge in [0.05, 0.1) is 12.0 Å². The van der Waals surface area contributed by atoms with Gasteiger partial charge in [0, 0.05) is 5.69 Å². The van der Waals surface area contributed by atoms with Crippen LogP contribution in [0.15, 0.2) is 63.3 Å². The summed E-state index contributed by atoms with van der Waals surface area (Å²) >= 11 is 1.21. The van der Waals surface area contributed by atoms with Gasteiger partial charge in [-0.25, -0.2) is 17.5 Å². The number of ether oxygens (including phenoxy) is 1. The van der Waals surface area contributed by atoms with Crippen LogP contribution in [0.5, 0.6) is 5.75 Å². The fourth-order valence-corrected chi connectivity index (χ4v) is 5.34. The van der Waals surface area contributed by atoms with Crippen molar-refractivity contribution in [3.05, 3.63) is 54.3 Å². The second-order valence-electron chi connectivity index (χ2n) is 6.34. The Morgan fingerprint density at radius 1 is 1.19 bits per heavy atom. The summed E-state index contributed by atoms with van der Waals surface area (Å²) in [5.41, 5.74) is 6.52. The molecule has 0 saturated heterocycles. The highest BCUT2D eigenvalue weighted by molar-refractivity contribution is 8.00. The molecule has 0 aliphatic rings. The maximum atomic E-state index is 13.2. The molecular formula is C20H21FN4O4S2. The average Bonchev–Trinajstić information content (AvgIpc) is 3.05. The zero-order valence-corrected chi connectivity index (χ0v) is 18.5. The molecule has 3 rings (SSSR count). The summed E-state index contributed by atoms with van der Waals surface area (Å²) in [6.07, 6.45) is 0. The molecule has 3 N–H and O–H groups in total. The number of amides is 1. The van der Waals surface area contributed by atoms with Crippen LogP contribution in [-0.4, -0.2) is 37.0 Å². The monoisotopic (exact) mass is 464 g/mol. The molecule has 0 spiro atoms. The van der Waals surface area contributed by atoms with Crippen LogP contribution in [0.4, 0.5) is 15.9 Å². The predicted octanol–water partition coefficient (Wildman–Crippen LogP) is 3.20. The lowest BCUT2D eigenvalue weighted by molar-refractivity contribution is -0.116. The number of carbonyl (C=O) groups is 1. The summed E-state index contributed by atoms with van der Waals surface area (Å²) in [4.78, 5) is 12.3. The predicted molar refractivity (Wildman–Crippen MR) is 117 cm³/mol. The van der Waals surface area contributed by atoms with Crippen molar-refractivity contribution in [3.63, 3.8) is 0 Å². The first-order valence-electron chi connectivity index (χ1n) is 9.20.